The van der Waals surface area contributed by atoms with Crippen molar-refractivity contribution in [3.05, 3.63) is 17.8 Å². The second kappa shape index (κ2) is 6.29. The summed E-state index contributed by atoms with van der Waals surface area (Å²) in [5, 5.41) is 11.0. The lowest BCUT2D eigenvalue weighted by atomic mass is 10.2. The summed E-state index contributed by atoms with van der Waals surface area (Å²) in [4.78, 5) is 0.350. The van der Waals surface area contributed by atoms with E-state index in [1.165, 1.54) is 12.8 Å². The molecule has 0 bridgehead atoms. The molecule has 0 aliphatic heterocycles. The third-order valence-corrected chi connectivity index (χ3v) is 2.28. The van der Waals surface area contributed by atoms with Crippen molar-refractivity contribution in [3.63, 3.8) is 0 Å². The fraction of sp³-hybridized carbons (Fsp3) is 0.500. The lowest BCUT2D eigenvalue weighted by Gasteiger charge is -2.08. The summed E-state index contributed by atoms with van der Waals surface area (Å²) in [5.41, 5.74) is 6.33. The molecule has 3 N–H and O–H groups in total. The van der Waals surface area contributed by atoms with Gasteiger partial charge in [-0.05, 0) is 12.5 Å². The van der Waals surface area contributed by atoms with Crippen LogP contribution in [0.5, 0.6) is 0 Å². The zero-order chi connectivity index (χ0) is 11.1. The lowest BCUT2D eigenvalue weighted by molar-refractivity contribution is 0.741. The normalized spacial score (nSPS) is 9.93. The molecule has 0 saturated carbocycles. The van der Waals surface area contributed by atoms with Gasteiger partial charge in [-0.3, -0.25) is 0 Å². The van der Waals surface area contributed by atoms with Crippen LogP contribution in [0.25, 0.3) is 0 Å². The van der Waals surface area contributed by atoms with Gasteiger partial charge in [-0.15, -0.1) is 5.10 Å². The number of nitrogens with zero attached hydrogens (tertiary/aromatic N) is 2. The van der Waals surface area contributed by atoms with Crippen molar-refractivity contribution in [3.8, 4) is 0 Å². The van der Waals surface area contributed by atoms with E-state index in [4.69, 9.17) is 18.0 Å². The van der Waals surface area contributed by atoms with Crippen molar-refractivity contribution >= 4 is 23.0 Å². The van der Waals surface area contributed by atoms with Crippen LogP contribution in [0.3, 0.4) is 0 Å². The van der Waals surface area contributed by atoms with E-state index in [1.54, 1.807) is 12.3 Å². The van der Waals surface area contributed by atoms with E-state index in [0.717, 1.165) is 18.5 Å². The van der Waals surface area contributed by atoms with E-state index < -0.39 is 0 Å². The Kier molecular flexibility index (Phi) is 4.97. The van der Waals surface area contributed by atoms with Crippen molar-refractivity contribution in [2.75, 3.05) is 11.9 Å². The van der Waals surface area contributed by atoms with Crippen molar-refractivity contribution in [2.45, 2.75) is 26.2 Å². The first-order valence-electron chi connectivity index (χ1n) is 5.11. The minimum atomic E-state index is 0.350. The Morgan fingerprint density at radius 3 is 3.00 bits per heavy atom. The summed E-state index contributed by atoms with van der Waals surface area (Å²) < 4.78 is 0. The van der Waals surface area contributed by atoms with Gasteiger partial charge in [0.15, 0.2) is 5.82 Å². The van der Waals surface area contributed by atoms with Crippen molar-refractivity contribution in [2.24, 2.45) is 5.73 Å². The van der Waals surface area contributed by atoms with Crippen LogP contribution in [-0.2, 0) is 0 Å². The van der Waals surface area contributed by atoms with Gasteiger partial charge in [0, 0.05) is 6.54 Å². The van der Waals surface area contributed by atoms with Crippen molar-refractivity contribution < 1.29 is 0 Å². The Morgan fingerprint density at radius 2 is 2.33 bits per heavy atom. The smallest absolute Gasteiger partial charge is 0.158 e. The molecule has 1 aromatic rings. The van der Waals surface area contributed by atoms with Gasteiger partial charge in [-0.25, -0.2) is 0 Å². The van der Waals surface area contributed by atoms with E-state index in [2.05, 4.69) is 22.4 Å². The highest BCUT2D eigenvalue weighted by atomic mass is 32.1. The van der Waals surface area contributed by atoms with E-state index >= 15 is 0 Å². The number of rotatable bonds is 6. The number of nitrogens with one attached hydrogen (secondary N) is 1. The van der Waals surface area contributed by atoms with Gasteiger partial charge in [-0.1, -0.05) is 32.0 Å². The highest BCUT2D eigenvalue weighted by Crippen LogP contribution is 2.09. The number of thiocarbonyl (C=S) groups is 1. The van der Waals surface area contributed by atoms with Crippen molar-refractivity contribution in [1.29, 1.82) is 0 Å². The van der Waals surface area contributed by atoms with Crippen LogP contribution in [0.15, 0.2) is 12.3 Å². The molecule has 0 spiro atoms. The number of hydrogen-bond donors (Lipinski definition) is 2. The lowest BCUT2D eigenvalue weighted by Crippen LogP contribution is -2.15. The maximum atomic E-state index is 5.57. The molecule has 0 fully saturated rings. The quantitative estimate of drug-likeness (QED) is 0.569. The largest absolute Gasteiger partial charge is 0.389 e. The maximum Gasteiger partial charge on any atom is 0.158 e. The average Bonchev–Trinajstić information content (AvgIpc) is 2.25. The molecule has 4 nitrogen and oxygen atoms in total. The van der Waals surface area contributed by atoms with Gasteiger partial charge in [-0.2, -0.15) is 5.10 Å². The third kappa shape index (κ3) is 3.79. The Labute approximate surface area is 95.3 Å². The van der Waals surface area contributed by atoms with E-state index in [1.807, 2.05) is 0 Å². The SMILES string of the molecule is CCCCCNc1nnccc1C(N)=S. The molecule has 5 heteroatoms. The zero-order valence-corrected chi connectivity index (χ0v) is 9.68. The highest BCUT2D eigenvalue weighted by Gasteiger charge is 2.05. The average molecular weight is 224 g/mol. The Balaban J connectivity index is 2.56. The highest BCUT2D eigenvalue weighted by molar-refractivity contribution is 7.80. The first-order valence-corrected chi connectivity index (χ1v) is 5.52. The maximum absolute atomic E-state index is 5.57. The second-order valence-electron chi connectivity index (χ2n) is 3.29. The topological polar surface area (TPSA) is 63.8 Å². The van der Waals surface area contributed by atoms with Crippen LogP contribution in [0.4, 0.5) is 5.82 Å². The van der Waals surface area contributed by atoms with E-state index in [0.29, 0.717) is 10.8 Å². The third-order valence-electron chi connectivity index (χ3n) is 2.06. The first kappa shape index (κ1) is 11.8. The Bertz CT molecular complexity index is 327. The molecule has 0 saturated heterocycles. The minimum Gasteiger partial charge on any atom is -0.389 e. The standard InChI is InChI=1S/C10H16N4S/c1-2-3-4-6-12-10-8(9(11)15)5-7-13-14-10/h5,7H,2-4,6H2,1H3,(H2,11,15)(H,12,14). The van der Waals surface area contributed by atoms with Gasteiger partial charge < -0.3 is 11.1 Å². The zero-order valence-electron chi connectivity index (χ0n) is 8.86. The Morgan fingerprint density at radius 1 is 1.53 bits per heavy atom. The summed E-state index contributed by atoms with van der Waals surface area (Å²) in [5.74, 6) is 0.682. The summed E-state index contributed by atoms with van der Waals surface area (Å²) in [7, 11) is 0. The molecule has 0 atom stereocenters. The predicted octanol–water partition coefficient (Wildman–Crippen LogP) is 1.71. The van der Waals surface area contributed by atoms with Crippen molar-refractivity contribution in [1.82, 2.24) is 10.2 Å². The molecule has 82 valence electrons. The van der Waals surface area contributed by atoms with Crippen LogP contribution >= 0.6 is 12.2 Å². The molecular formula is C10H16N4S. The number of aromatic nitrogens is 2. The molecular weight excluding hydrogens is 208 g/mol. The number of hydrogen-bond acceptors (Lipinski definition) is 4. The molecule has 1 heterocycles. The molecule has 0 radical (unpaired) electrons. The van der Waals surface area contributed by atoms with Crippen LogP contribution in [-0.4, -0.2) is 21.7 Å². The molecule has 0 amide bonds. The fourth-order valence-corrected chi connectivity index (χ4v) is 1.41. The predicted molar refractivity (Wildman–Crippen MR) is 65.9 cm³/mol. The number of nitrogens with two attached hydrogens (primary N) is 1. The second-order valence-corrected chi connectivity index (χ2v) is 3.73. The summed E-state index contributed by atoms with van der Waals surface area (Å²) in [6.07, 6.45) is 5.11. The fourth-order valence-electron chi connectivity index (χ4n) is 1.24. The van der Waals surface area contributed by atoms with Crippen LogP contribution in [0.1, 0.15) is 31.7 Å². The summed E-state index contributed by atoms with van der Waals surface area (Å²) in [6.45, 7) is 3.05. The number of unbranched alkanes of at least 4 members (excludes halogenated alkanes) is 2. The summed E-state index contributed by atoms with van der Waals surface area (Å²) in [6, 6.07) is 1.78. The van der Waals surface area contributed by atoms with E-state index in [-0.39, 0.29) is 0 Å². The van der Waals surface area contributed by atoms with Gasteiger partial charge in [0.1, 0.15) is 4.99 Å². The molecule has 0 aliphatic carbocycles. The van der Waals surface area contributed by atoms with Crippen LogP contribution in [0.2, 0.25) is 0 Å². The molecule has 15 heavy (non-hydrogen) atoms. The molecule has 1 aromatic heterocycles. The van der Waals surface area contributed by atoms with E-state index in [9.17, 15) is 0 Å². The van der Waals surface area contributed by atoms with Gasteiger partial charge in [0.2, 0.25) is 0 Å². The molecule has 1 rings (SSSR count). The van der Waals surface area contributed by atoms with Gasteiger partial charge in [0.05, 0.1) is 11.8 Å². The number of anilines is 1. The van der Waals surface area contributed by atoms with Gasteiger partial charge >= 0.3 is 0 Å². The first-order chi connectivity index (χ1) is 7.25. The van der Waals surface area contributed by atoms with Crippen LogP contribution < -0.4 is 11.1 Å². The summed E-state index contributed by atoms with van der Waals surface area (Å²) >= 11 is 4.92. The monoisotopic (exact) mass is 224 g/mol. The van der Waals surface area contributed by atoms with Crippen LogP contribution in [0, 0.1) is 0 Å². The Hall–Kier alpha value is -1.23. The molecule has 0 aliphatic rings. The molecule has 0 unspecified atom stereocenters. The van der Waals surface area contributed by atoms with Gasteiger partial charge in [0.25, 0.3) is 0 Å². The molecule has 0 aromatic carbocycles. The minimum absolute atomic E-state index is 0.350.